The first kappa shape index (κ1) is 14.8. The fraction of sp³-hybridized carbons (Fsp3) is 0.368. The van der Waals surface area contributed by atoms with Crippen LogP contribution in [0, 0.1) is 5.92 Å². The SMILES string of the molecule is CC(C)Cc1cccc(CCC(N)c2ccccc2)c1. The summed E-state index contributed by atoms with van der Waals surface area (Å²) in [5, 5.41) is 0. The molecule has 0 heterocycles. The summed E-state index contributed by atoms with van der Waals surface area (Å²) in [6.45, 7) is 4.52. The Morgan fingerprint density at radius 2 is 1.60 bits per heavy atom. The first-order chi connectivity index (χ1) is 9.65. The molecule has 0 aromatic heterocycles. The van der Waals surface area contributed by atoms with E-state index in [0.29, 0.717) is 5.92 Å². The van der Waals surface area contributed by atoms with Gasteiger partial charge in [0.05, 0.1) is 0 Å². The van der Waals surface area contributed by atoms with Crippen LogP contribution in [0.4, 0.5) is 0 Å². The van der Waals surface area contributed by atoms with Gasteiger partial charge in [-0.1, -0.05) is 68.4 Å². The first-order valence-electron chi connectivity index (χ1n) is 7.53. The van der Waals surface area contributed by atoms with Gasteiger partial charge in [-0.3, -0.25) is 0 Å². The van der Waals surface area contributed by atoms with Crippen LogP contribution in [0.15, 0.2) is 54.6 Å². The Labute approximate surface area is 122 Å². The van der Waals surface area contributed by atoms with Crippen molar-refractivity contribution < 1.29 is 0 Å². The maximum absolute atomic E-state index is 6.26. The van der Waals surface area contributed by atoms with E-state index < -0.39 is 0 Å². The summed E-state index contributed by atoms with van der Waals surface area (Å²) in [5.74, 6) is 0.705. The van der Waals surface area contributed by atoms with Gasteiger partial charge in [0.1, 0.15) is 0 Å². The quantitative estimate of drug-likeness (QED) is 0.818. The highest BCUT2D eigenvalue weighted by molar-refractivity contribution is 5.25. The number of hydrogen-bond acceptors (Lipinski definition) is 1. The van der Waals surface area contributed by atoms with E-state index in [9.17, 15) is 0 Å². The monoisotopic (exact) mass is 267 g/mol. The van der Waals surface area contributed by atoms with Crippen LogP contribution in [0.3, 0.4) is 0 Å². The minimum absolute atomic E-state index is 0.130. The summed E-state index contributed by atoms with van der Waals surface area (Å²) in [5.41, 5.74) is 10.3. The molecule has 0 aliphatic rings. The van der Waals surface area contributed by atoms with Gasteiger partial charge in [-0.15, -0.1) is 0 Å². The van der Waals surface area contributed by atoms with Crippen molar-refractivity contribution in [2.24, 2.45) is 11.7 Å². The molecule has 1 atom stereocenters. The van der Waals surface area contributed by atoms with Gasteiger partial charge in [0, 0.05) is 6.04 Å². The van der Waals surface area contributed by atoms with Gasteiger partial charge in [0.2, 0.25) is 0 Å². The lowest BCUT2D eigenvalue weighted by atomic mass is 9.96. The second-order valence-electron chi connectivity index (χ2n) is 5.97. The van der Waals surface area contributed by atoms with Gasteiger partial charge in [0.15, 0.2) is 0 Å². The number of hydrogen-bond donors (Lipinski definition) is 1. The number of nitrogens with two attached hydrogens (primary N) is 1. The van der Waals surface area contributed by atoms with E-state index in [2.05, 4.69) is 62.4 Å². The van der Waals surface area contributed by atoms with Crippen LogP contribution >= 0.6 is 0 Å². The van der Waals surface area contributed by atoms with Crippen molar-refractivity contribution in [2.45, 2.75) is 39.2 Å². The van der Waals surface area contributed by atoms with E-state index in [1.165, 1.54) is 16.7 Å². The molecular weight excluding hydrogens is 242 g/mol. The van der Waals surface area contributed by atoms with Crippen LogP contribution in [0.25, 0.3) is 0 Å². The summed E-state index contributed by atoms with van der Waals surface area (Å²) in [6, 6.07) is 19.4. The Hall–Kier alpha value is -1.60. The number of aryl methyl sites for hydroxylation is 1. The van der Waals surface area contributed by atoms with Crippen molar-refractivity contribution in [1.82, 2.24) is 0 Å². The average molecular weight is 267 g/mol. The van der Waals surface area contributed by atoms with Crippen molar-refractivity contribution in [3.05, 3.63) is 71.3 Å². The Morgan fingerprint density at radius 3 is 2.30 bits per heavy atom. The van der Waals surface area contributed by atoms with Gasteiger partial charge < -0.3 is 5.73 Å². The summed E-state index contributed by atoms with van der Waals surface area (Å²) < 4.78 is 0. The van der Waals surface area contributed by atoms with Crippen molar-refractivity contribution >= 4 is 0 Å². The van der Waals surface area contributed by atoms with Crippen LogP contribution in [0.1, 0.15) is 43.0 Å². The molecule has 0 saturated heterocycles. The molecule has 1 heteroatoms. The predicted molar refractivity (Wildman–Crippen MR) is 86.7 cm³/mol. The predicted octanol–water partition coefficient (Wildman–Crippen LogP) is 4.52. The topological polar surface area (TPSA) is 26.0 Å². The maximum Gasteiger partial charge on any atom is 0.0298 e. The van der Waals surface area contributed by atoms with Gasteiger partial charge >= 0.3 is 0 Å². The molecular formula is C19H25N. The highest BCUT2D eigenvalue weighted by Gasteiger charge is 2.06. The third kappa shape index (κ3) is 4.50. The molecule has 0 fully saturated rings. The molecule has 1 nitrogen and oxygen atoms in total. The minimum atomic E-state index is 0.130. The van der Waals surface area contributed by atoms with Crippen LogP contribution in [0.5, 0.6) is 0 Å². The Balaban J connectivity index is 1.94. The van der Waals surface area contributed by atoms with Crippen LogP contribution < -0.4 is 5.73 Å². The van der Waals surface area contributed by atoms with Gasteiger partial charge in [-0.05, 0) is 41.9 Å². The molecule has 0 aliphatic carbocycles. The number of rotatable bonds is 6. The zero-order chi connectivity index (χ0) is 14.4. The van der Waals surface area contributed by atoms with Crippen LogP contribution in [-0.2, 0) is 12.8 Å². The maximum atomic E-state index is 6.26. The molecule has 0 amide bonds. The molecule has 2 N–H and O–H groups in total. The Bertz CT molecular complexity index is 516. The molecule has 0 saturated carbocycles. The standard InChI is InChI=1S/C19H25N/c1-15(2)13-17-8-6-7-16(14-17)11-12-19(20)18-9-4-3-5-10-18/h3-10,14-15,19H,11-13,20H2,1-2H3. The molecule has 2 aromatic carbocycles. The summed E-state index contributed by atoms with van der Waals surface area (Å²) in [7, 11) is 0. The molecule has 2 aromatic rings. The number of benzene rings is 2. The van der Waals surface area contributed by atoms with E-state index in [0.717, 1.165) is 19.3 Å². The van der Waals surface area contributed by atoms with Crippen LogP contribution in [0.2, 0.25) is 0 Å². The van der Waals surface area contributed by atoms with Crippen molar-refractivity contribution in [2.75, 3.05) is 0 Å². The fourth-order valence-electron chi connectivity index (χ4n) is 2.57. The molecule has 1 unspecified atom stereocenters. The summed E-state index contributed by atoms with van der Waals surface area (Å²) in [6.07, 6.45) is 3.19. The molecule has 0 aliphatic heterocycles. The smallest absolute Gasteiger partial charge is 0.0298 e. The van der Waals surface area contributed by atoms with E-state index in [-0.39, 0.29) is 6.04 Å². The Morgan fingerprint density at radius 1 is 0.900 bits per heavy atom. The zero-order valence-corrected chi connectivity index (χ0v) is 12.5. The molecule has 0 spiro atoms. The van der Waals surface area contributed by atoms with Crippen molar-refractivity contribution in [3.63, 3.8) is 0 Å². The third-order valence-electron chi connectivity index (χ3n) is 3.61. The first-order valence-corrected chi connectivity index (χ1v) is 7.53. The molecule has 0 bridgehead atoms. The van der Waals surface area contributed by atoms with Gasteiger partial charge in [-0.2, -0.15) is 0 Å². The molecule has 20 heavy (non-hydrogen) atoms. The van der Waals surface area contributed by atoms with Crippen LogP contribution in [-0.4, -0.2) is 0 Å². The van der Waals surface area contributed by atoms with E-state index in [4.69, 9.17) is 5.73 Å². The Kier molecular flexibility index (Phi) is 5.37. The fourth-order valence-corrected chi connectivity index (χ4v) is 2.57. The normalized spacial score (nSPS) is 12.6. The molecule has 0 radical (unpaired) electrons. The lowest BCUT2D eigenvalue weighted by molar-refractivity contribution is 0.640. The molecule has 2 rings (SSSR count). The lowest BCUT2D eigenvalue weighted by Crippen LogP contribution is -2.11. The summed E-state index contributed by atoms with van der Waals surface area (Å²) >= 11 is 0. The summed E-state index contributed by atoms with van der Waals surface area (Å²) in [4.78, 5) is 0. The average Bonchev–Trinajstić information content (AvgIpc) is 2.45. The largest absolute Gasteiger partial charge is 0.324 e. The highest BCUT2D eigenvalue weighted by Crippen LogP contribution is 2.18. The van der Waals surface area contributed by atoms with E-state index >= 15 is 0 Å². The second-order valence-corrected chi connectivity index (χ2v) is 5.97. The van der Waals surface area contributed by atoms with Crippen molar-refractivity contribution in [1.29, 1.82) is 0 Å². The van der Waals surface area contributed by atoms with Gasteiger partial charge in [0.25, 0.3) is 0 Å². The third-order valence-corrected chi connectivity index (χ3v) is 3.61. The van der Waals surface area contributed by atoms with Gasteiger partial charge in [-0.25, -0.2) is 0 Å². The zero-order valence-electron chi connectivity index (χ0n) is 12.5. The lowest BCUT2D eigenvalue weighted by Gasteiger charge is -2.13. The van der Waals surface area contributed by atoms with E-state index in [1.54, 1.807) is 0 Å². The van der Waals surface area contributed by atoms with E-state index in [1.807, 2.05) is 6.07 Å². The highest BCUT2D eigenvalue weighted by atomic mass is 14.6. The minimum Gasteiger partial charge on any atom is -0.324 e. The van der Waals surface area contributed by atoms with Crippen molar-refractivity contribution in [3.8, 4) is 0 Å². The molecule has 106 valence electrons. The second kappa shape index (κ2) is 7.25.